The van der Waals surface area contributed by atoms with Crippen molar-refractivity contribution >= 4 is 17.6 Å². The van der Waals surface area contributed by atoms with E-state index in [4.69, 9.17) is 4.74 Å². The largest absolute Gasteiger partial charge is 0.438 e. The first-order valence-electron chi connectivity index (χ1n) is 10.0. The third-order valence-electron chi connectivity index (χ3n) is 5.87. The van der Waals surface area contributed by atoms with Crippen LogP contribution in [0.5, 0.6) is 0 Å². The fraction of sp³-hybridized carbons (Fsp3) is 0.348. The molecule has 1 saturated heterocycles. The molecule has 0 radical (unpaired) electrons. The lowest BCUT2D eigenvalue weighted by Gasteiger charge is -2.46. The minimum atomic E-state index is -0.806. The summed E-state index contributed by atoms with van der Waals surface area (Å²) < 4.78 is 18.7. The maximum Gasteiger partial charge on any atom is 0.412 e. The first kappa shape index (κ1) is 20.0. The second-order valence-electron chi connectivity index (χ2n) is 7.72. The normalized spacial score (nSPS) is 23.2. The van der Waals surface area contributed by atoms with Crippen LogP contribution in [-0.2, 0) is 10.3 Å². The Kier molecular flexibility index (Phi) is 5.51. The van der Waals surface area contributed by atoms with Crippen LogP contribution < -0.4 is 5.32 Å². The van der Waals surface area contributed by atoms with Gasteiger partial charge in [0.1, 0.15) is 17.5 Å². The van der Waals surface area contributed by atoms with Crippen molar-refractivity contribution in [2.45, 2.75) is 37.3 Å². The Morgan fingerprint density at radius 3 is 2.80 bits per heavy atom. The third-order valence-corrected chi connectivity index (χ3v) is 5.87. The van der Waals surface area contributed by atoms with Gasteiger partial charge >= 0.3 is 6.09 Å². The molecule has 0 aromatic heterocycles. The van der Waals surface area contributed by atoms with Gasteiger partial charge in [0.2, 0.25) is 0 Å². The summed E-state index contributed by atoms with van der Waals surface area (Å²) in [6, 6.07) is 15.0. The number of fused-ring (bicyclic) bond motifs is 2. The quantitative estimate of drug-likeness (QED) is 0.750. The highest BCUT2D eigenvalue weighted by atomic mass is 19.1. The van der Waals surface area contributed by atoms with Crippen LogP contribution in [0, 0.1) is 17.1 Å². The van der Waals surface area contributed by atoms with E-state index < -0.39 is 17.7 Å². The zero-order valence-corrected chi connectivity index (χ0v) is 16.4. The van der Waals surface area contributed by atoms with Crippen molar-refractivity contribution in [1.82, 2.24) is 4.90 Å². The standard InChI is InChI=1S/C23H22FN3O3/c24-17-9-7-16(8-10-17)21(28)6-3-12-27-13-11-23(14-18(27)15-25)19-4-1-2-5-20(19)26-22(29)30-23/h1-2,4-5,7-10,18H,3,6,11-14H2,(H,26,29). The Bertz CT molecular complexity index is 1000. The number of rotatable bonds is 5. The van der Waals surface area contributed by atoms with E-state index in [0.717, 1.165) is 11.3 Å². The van der Waals surface area contributed by atoms with Crippen molar-refractivity contribution in [3.63, 3.8) is 0 Å². The number of nitrogens with zero attached hydrogens (tertiary/aromatic N) is 2. The van der Waals surface area contributed by atoms with E-state index >= 15 is 0 Å². The Labute approximate surface area is 174 Å². The molecule has 2 unspecified atom stereocenters. The van der Waals surface area contributed by atoms with Gasteiger partial charge in [-0.15, -0.1) is 0 Å². The smallest absolute Gasteiger partial charge is 0.412 e. The molecule has 6 nitrogen and oxygen atoms in total. The van der Waals surface area contributed by atoms with Gasteiger partial charge in [0.05, 0.1) is 11.8 Å². The lowest BCUT2D eigenvalue weighted by atomic mass is 9.79. The number of likely N-dealkylation sites (tertiary alicyclic amines) is 1. The Balaban J connectivity index is 1.40. The molecule has 0 saturated carbocycles. The summed E-state index contributed by atoms with van der Waals surface area (Å²) in [6.45, 7) is 1.18. The zero-order chi connectivity index (χ0) is 21.1. The molecule has 1 N–H and O–H groups in total. The summed E-state index contributed by atoms with van der Waals surface area (Å²) in [4.78, 5) is 26.4. The molecule has 1 fully saturated rings. The van der Waals surface area contributed by atoms with Crippen LogP contribution in [0.2, 0.25) is 0 Å². The Morgan fingerprint density at radius 1 is 1.27 bits per heavy atom. The predicted molar refractivity (Wildman–Crippen MR) is 108 cm³/mol. The van der Waals surface area contributed by atoms with Crippen molar-refractivity contribution in [1.29, 1.82) is 5.26 Å². The second kappa shape index (κ2) is 8.25. The van der Waals surface area contributed by atoms with Crippen LogP contribution in [0.3, 0.4) is 0 Å². The van der Waals surface area contributed by atoms with E-state index in [9.17, 15) is 19.2 Å². The molecule has 154 valence electrons. The molecule has 4 rings (SSSR count). The number of hydrogen-bond acceptors (Lipinski definition) is 5. The van der Waals surface area contributed by atoms with Crippen molar-refractivity contribution in [2.24, 2.45) is 0 Å². The number of nitrogens with one attached hydrogen (secondary N) is 1. The number of para-hydroxylation sites is 1. The topological polar surface area (TPSA) is 82.4 Å². The van der Waals surface area contributed by atoms with E-state index in [-0.39, 0.29) is 11.6 Å². The summed E-state index contributed by atoms with van der Waals surface area (Å²) >= 11 is 0. The number of nitriles is 1. The minimum Gasteiger partial charge on any atom is -0.438 e. The fourth-order valence-corrected chi connectivity index (χ4v) is 4.34. The maximum atomic E-state index is 13.0. The molecule has 2 aliphatic rings. The molecule has 0 bridgehead atoms. The van der Waals surface area contributed by atoms with E-state index in [1.807, 2.05) is 29.2 Å². The van der Waals surface area contributed by atoms with E-state index in [0.29, 0.717) is 44.3 Å². The van der Waals surface area contributed by atoms with Crippen molar-refractivity contribution < 1.29 is 18.7 Å². The fourth-order valence-electron chi connectivity index (χ4n) is 4.34. The van der Waals surface area contributed by atoms with Gasteiger partial charge in [0.15, 0.2) is 5.78 Å². The zero-order valence-electron chi connectivity index (χ0n) is 16.4. The van der Waals surface area contributed by atoms with Gasteiger partial charge in [-0.1, -0.05) is 18.2 Å². The van der Waals surface area contributed by atoms with Gasteiger partial charge in [0, 0.05) is 36.9 Å². The predicted octanol–water partition coefficient (Wildman–Crippen LogP) is 4.23. The minimum absolute atomic E-state index is 0.0433. The highest BCUT2D eigenvalue weighted by molar-refractivity contribution is 5.96. The number of ketones is 1. The first-order valence-corrected chi connectivity index (χ1v) is 10.0. The second-order valence-corrected chi connectivity index (χ2v) is 7.72. The van der Waals surface area contributed by atoms with Crippen LogP contribution in [0.4, 0.5) is 14.9 Å². The molecule has 30 heavy (non-hydrogen) atoms. The molecule has 0 aliphatic carbocycles. The number of hydrogen-bond donors (Lipinski definition) is 1. The molecule has 2 aliphatic heterocycles. The summed E-state index contributed by atoms with van der Waals surface area (Å²) in [5.41, 5.74) is 1.31. The molecule has 2 aromatic carbocycles. The van der Waals surface area contributed by atoms with Gasteiger partial charge in [-0.25, -0.2) is 9.18 Å². The van der Waals surface area contributed by atoms with Gasteiger partial charge in [-0.2, -0.15) is 5.26 Å². The highest BCUT2D eigenvalue weighted by Crippen LogP contribution is 2.45. The molecule has 2 aromatic rings. The van der Waals surface area contributed by atoms with Gasteiger partial charge in [-0.05, 0) is 43.3 Å². The highest BCUT2D eigenvalue weighted by Gasteiger charge is 2.47. The van der Waals surface area contributed by atoms with Crippen molar-refractivity contribution in [2.75, 3.05) is 18.4 Å². The molecule has 1 spiro atoms. The maximum absolute atomic E-state index is 13.0. The van der Waals surface area contributed by atoms with E-state index in [1.54, 1.807) is 0 Å². The lowest BCUT2D eigenvalue weighted by Crippen LogP contribution is -2.52. The van der Waals surface area contributed by atoms with Gasteiger partial charge in [-0.3, -0.25) is 15.0 Å². The van der Waals surface area contributed by atoms with Crippen LogP contribution >= 0.6 is 0 Å². The number of piperidine rings is 1. The number of carbonyl (C=O) groups is 2. The lowest BCUT2D eigenvalue weighted by molar-refractivity contribution is -0.0499. The number of carbonyl (C=O) groups excluding carboxylic acids is 2. The molecule has 1 amide bonds. The molecular formula is C23H22FN3O3. The Hall–Kier alpha value is -3.24. The number of Topliss-reactive ketones (excluding diaryl/α,β-unsaturated/α-hetero) is 1. The number of ether oxygens (including phenoxy) is 1. The number of benzene rings is 2. The van der Waals surface area contributed by atoms with Crippen LogP contribution in [0.15, 0.2) is 48.5 Å². The molecule has 7 heteroatoms. The van der Waals surface area contributed by atoms with Crippen LogP contribution in [-0.4, -0.2) is 35.9 Å². The number of amides is 1. The molecular weight excluding hydrogens is 385 g/mol. The van der Waals surface area contributed by atoms with Crippen molar-refractivity contribution in [3.05, 3.63) is 65.5 Å². The average Bonchev–Trinajstić information content (AvgIpc) is 2.75. The van der Waals surface area contributed by atoms with E-state index in [2.05, 4.69) is 11.4 Å². The Morgan fingerprint density at radius 2 is 2.03 bits per heavy atom. The average molecular weight is 407 g/mol. The summed E-state index contributed by atoms with van der Waals surface area (Å²) in [6.07, 6.45) is 1.40. The van der Waals surface area contributed by atoms with Crippen molar-refractivity contribution in [3.8, 4) is 6.07 Å². The van der Waals surface area contributed by atoms with Crippen LogP contribution in [0.1, 0.15) is 41.6 Å². The third kappa shape index (κ3) is 3.91. The molecule has 2 heterocycles. The van der Waals surface area contributed by atoms with Crippen LogP contribution in [0.25, 0.3) is 0 Å². The van der Waals surface area contributed by atoms with Gasteiger partial charge < -0.3 is 4.74 Å². The molecule has 2 atom stereocenters. The summed E-state index contributed by atoms with van der Waals surface area (Å²) in [5, 5.41) is 12.5. The first-order chi connectivity index (χ1) is 14.5. The summed E-state index contributed by atoms with van der Waals surface area (Å²) in [5.74, 6) is -0.413. The summed E-state index contributed by atoms with van der Waals surface area (Å²) in [7, 11) is 0. The SMILES string of the molecule is N#CC1CC2(CCN1CCCC(=O)c1ccc(F)cc1)OC(=O)Nc1ccccc12. The monoisotopic (exact) mass is 407 g/mol. The van der Waals surface area contributed by atoms with Gasteiger partial charge in [0.25, 0.3) is 0 Å². The number of anilines is 1. The number of halogens is 1. The van der Waals surface area contributed by atoms with E-state index in [1.165, 1.54) is 24.3 Å².